The number of carbonyl (C=O) groups is 3. The van der Waals surface area contributed by atoms with Gasteiger partial charge in [0.05, 0.1) is 18.1 Å². The second-order valence-electron chi connectivity index (χ2n) is 17.4. The van der Waals surface area contributed by atoms with Gasteiger partial charge in [-0.2, -0.15) is 25.0 Å². The van der Waals surface area contributed by atoms with E-state index in [4.69, 9.17) is 72.7 Å². The molecule has 0 bridgehead atoms. The van der Waals surface area contributed by atoms with Gasteiger partial charge in [0.1, 0.15) is 64.4 Å². The Morgan fingerprint density at radius 3 is 1.53 bits per heavy atom. The molecule has 458 valence electrons. The number of ether oxygens (including phenoxy) is 2. The number of alkyl halides is 7. The molecule has 0 saturated carbocycles. The summed E-state index contributed by atoms with van der Waals surface area (Å²) in [7, 11) is 0. The molecule has 0 saturated heterocycles. The molecule has 10 heterocycles. The van der Waals surface area contributed by atoms with Gasteiger partial charge in [0.15, 0.2) is 38.2 Å². The molecule has 25 nitrogen and oxygen atoms in total. The van der Waals surface area contributed by atoms with E-state index in [1.165, 1.54) is 68.6 Å². The van der Waals surface area contributed by atoms with E-state index in [9.17, 15) is 45.9 Å². The number of carbonyl (C=O) groups excluding carboxylic acids is 3. The number of aromatic nitrogens is 15. The van der Waals surface area contributed by atoms with Gasteiger partial charge in [-0.1, -0.05) is 42.2 Å². The zero-order valence-electron chi connectivity index (χ0n) is 44.0. The van der Waals surface area contributed by atoms with Gasteiger partial charge in [-0.15, -0.1) is 26.3 Å². The number of nitrogens with zero attached hydrogens (tertiary/aromatic N) is 16. The Balaban J connectivity index is 0.000000170. The molecule has 0 aliphatic carbocycles. The van der Waals surface area contributed by atoms with E-state index in [0.29, 0.717) is 22.0 Å². The van der Waals surface area contributed by atoms with Crippen molar-refractivity contribution in [3.05, 3.63) is 126 Å². The first-order chi connectivity index (χ1) is 40.4. The molecule has 9 aromatic heterocycles. The summed E-state index contributed by atoms with van der Waals surface area (Å²) in [6, 6.07) is 15.2. The molecule has 0 unspecified atom stereocenters. The fourth-order valence-corrected chi connectivity index (χ4v) is 13.2. The average molecular weight is 1450 g/mol. The van der Waals surface area contributed by atoms with Gasteiger partial charge in [-0.05, 0) is 59.1 Å². The molecule has 0 fully saturated rings. The van der Waals surface area contributed by atoms with E-state index < -0.39 is 62.3 Å². The summed E-state index contributed by atoms with van der Waals surface area (Å²) in [5.74, 6) is -2.79. The van der Waals surface area contributed by atoms with Crippen LogP contribution >= 0.6 is 89.8 Å². The molecule has 0 radical (unpaired) electrons. The summed E-state index contributed by atoms with van der Waals surface area (Å²) in [6.07, 6.45) is -3.69. The van der Waals surface area contributed by atoms with Crippen LogP contribution in [0.5, 0.6) is 11.6 Å². The van der Waals surface area contributed by atoms with Gasteiger partial charge in [-0.3, -0.25) is 33.3 Å². The van der Waals surface area contributed by atoms with Crippen LogP contribution in [0.1, 0.15) is 47.6 Å². The first kappa shape index (κ1) is 66.8. The predicted molar refractivity (Wildman–Crippen MR) is 316 cm³/mol. The molecule has 1 aromatic carbocycles. The maximum absolute atomic E-state index is 12.7. The predicted octanol–water partition coefficient (Wildman–Crippen LogP) is 12.8. The van der Waals surface area contributed by atoms with E-state index >= 15 is 0 Å². The monoisotopic (exact) mass is 1440 g/mol. The van der Waals surface area contributed by atoms with Crippen molar-refractivity contribution in [1.82, 2.24) is 73.5 Å². The van der Waals surface area contributed by atoms with Crippen LogP contribution in [0, 0.1) is 3.57 Å². The third-order valence-corrected chi connectivity index (χ3v) is 16.5. The SMILES string of the molecule is C.CC(=O)N(O)c1ccc(-n2cnc3c(Cl)nc(Cl)nc32)nc1.CC(=O)Nc1ccc(-n2cnc3c(Cl)nc(Cl)nc32)nc1OC(F)(F)F.CC(=O)Nc1cnc(-n2cnc3c(Cl)nc(Cl)nc32)cc1OC(F)(F)F.CI1OC(C)(C)c2ccccc21. The van der Waals surface area contributed by atoms with Gasteiger partial charge < -0.3 is 20.1 Å². The number of halogens is 13. The molecule has 0 spiro atoms. The van der Waals surface area contributed by atoms with E-state index in [2.05, 4.69) is 123 Å². The molecule has 10 aromatic rings. The van der Waals surface area contributed by atoms with E-state index in [1.54, 1.807) is 10.6 Å². The van der Waals surface area contributed by atoms with Crippen LogP contribution in [-0.2, 0) is 23.1 Å². The first-order valence-electron chi connectivity index (χ1n) is 23.5. The van der Waals surface area contributed by atoms with Crippen molar-refractivity contribution in [2.45, 2.75) is 60.4 Å². The number of anilines is 3. The zero-order valence-corrected chi connectivity index (χ0v) is 50.7. The number of benzene rings is 1. The summed E-state index contributed by atoms with van der Waals surface area (Å²) in [6.45, 7) is 7.82. The second kappa shape index (κ2) is 27.1. The van der Waals surface area contributed by atoms with Gasteiger partial charge in [0, 0.05) is 26.8 Å². The number of hydroxylamine groups is 1. The van der Waals surface area contributed by atoms with Crippen molar-refractivity contribution in [3.63, 3.8) is 0 Å². The Hall–Kier alpha value is -7.70. The van der Waals surface area contributed by atoms with Crippen LogP contribution in [0.2, 0.25) is 31.3 Å². The number of pyridine rings is 3. The van der Waals surface area contributed by atoms with E-state index in [1.807, 2.05) is 0 Å². The summed E-state index contributed by atoms with van der Waals surface area (Å²) in [5.41, 5.74) is 2.52. The first-order valence-corrected chi connectivity index (χ1v) is 29.9. The van der Waals surface area contributed by atoms with E-state index in [-0.39, 0.29) is 95.4 Å². The van der Waals surface area contributed by atoms with Crippen molar-refractivity contribution in [1.29, 1.82) is 0 Å². The average Bonchev–Trinajstić information content (AvgIpc) is 1.87. The normalized spacial score (nSPS) is 12.8. The number of fused-ring (bicyclic) bond motifs is 4. The van der Waals surface area contributed by atoms with Crippen molar-refractivity contribution < 1.29 is 58.5 Å². The quantitative estimate of drug-likeness (QED) is 0.0242. The maximum atomic E-state index is 12.7. The Labute approximate surface area is 523 Å². The molecule has 3 N–H and O–H groups in total. The summed E-state index contributed by atoms with van der Waals surface area (Å²) in [4.78, 5) is 82.9. The van der Waals surface area contributed by atoms with E-state index in [0.717, 1.165) is 26.1 Å². The Morgan fingerprint density at radius 2 is 1.07 bits per heavy atom. The molecule has 87 heavy (non-hydrogen) atoms. The topological polar surface area (TPSA) is 296 Å². The van der Waals surface area contributed by atoms with Crippen LogP contribution in [0.3, 0.4) is 0 Å². The van der Waals surface area contributed by atoms with Gasteiger partial charge in [-0.25, -0.2) is 39.9 Å². The van der Waals surface area contributed by atoms with Crippen molar-refractivity contribution in [2.75, 3.05) is 20.6 Å². The standard InChI is InChI=1S/2C13H7Cl2F3N6O2.C12H8Cl2N6O2.C10H13IO.CH4/c1-5(25)21-6-3-19-8(2-7(6)26-13(16,17)18)24-4-20-9-10(14)22-12(15)23-11(9)24;1-5(25)20-6-2-3-7(21-11(6)26-13(16,17)18)24-4-19-8-9(14)22-12(15)23-10(8)24;1-6(21)20(22)7-2-3-8(15-4-7)19-5-16-9-10(13)17-12(14)18-11(9)19;1-10(2)8-6-4-5-7-9(8)11(3)12-10;/h2-4H,1H3,(H,21,25);2-4H,1H3,(H,20,25);2-5,22H,1H3;4-7H,1-3H3;1H4. The minimum atomic E-state index is -5.01. The van der Waals surface area contributed by atoms with Crippen molar-refractivity contribution in [3.8, 4) is 29.1 Å². The third-order valence-electron chi connectivity index (χ3n) is 10.9. The van der Waals surface area contributed by atoms with Gasteiger partial charge in [0.2, 0.25) is 39.5 Å². The fourth-order valence-electron chi connectivity index (χ4n) is 7.49. The van der Waals surface area contributed by atoms with Crippen LogP contribution in [0.25, 0.3) is 50.9 Å². The van der Waals surface area contributed by atoms with Crippen molar-refractivity contribution in [2.24, 2.45) is 0 Å². The Bertz CT molecular complexity index is 4060. The van der Waals surface area contributed by atoms with Crippen LogP contribution in [0.4, 0.5) is 43.4 Å². The molecule has 0 atom stereocenters. The number of amides is 3. The van der Waals surface area contributed by atoms with Gasteiger partial charge in [0.25, 0.3) is 0 Å². The number of hydrogen-bond acceptors (Lipinski definition) is 19. The number of nitrogens with one attached hydrogen (secondary N) is 2. The number of imidazole rings is 3. The summed E-state index contributed by atoms with van der Waals surface area (Å²) in [5, 5.41) is 14.2. The molecule has 1 aliphatic rings. The molecule has 1 aliphatic heterocycles. The zero-order chi connectivity index (χ0) is 62.7. The molecule has 11 rings (SSSR count). The summed E-state index contributed by atoms with van der Waals surface area (Å²) < 4.78 is 95.3. The van der Waals surface area contributed by atoms with Crippen LogP contribution in [-0.4, -0.2) is 114 Å². The Kier molecular flexibility index (Phi) is 20.8. The molecular formula is C49H39Cl6F6IN18O7. The number of rotatable bonds is 8. The van der Waals surface area contributed by atoms with Crippen LogP contribution < -0.4 is 25.2 Å². The third kappa shape index (κ3) is 16.3. The summed E-state index contributed by atoms with van der Waals surface area (Å²) >= 11 is 33.8. The fraction of sp³-hybridized carbons (Fsp3) is 0.204. The second-order valence-corrected chi connectivity index (χ2v) is 23.5. The van der Waals surface area contributed by atoms with Gasteiger partial charge >= 0.3 is 93.8 Å². The van der Waals surface area contributed by atoms with Crippen LogP contribution in [0.15, 0.2) is 86.0 Å². The van der Waals surface area contributed by atoms with Crippen molar-refractivity contribution >= 4 is 158 Å². The molecular weight excluding hydrogens is 1410 g/mol. The number of hydrogen-bond donors (Lipinski definition) is 3. The Morgan fingerprint density at radius 1 is 0.609 bits per heavy atom. The minimum absolute atomic E-state index is 0. The molecule has 38 heteroatoms. The molecule has 3 amide bonds.